The van der Waals surface area contributed by atoms with E-state index in [4.69, 9.17) is 23.2 Å². The molecule has 2 nitrogen and oxygen atoms in total. The molecule has 0 spiro atoms. The second-order valence-electron chi connectivity index (χ2n) is 3.97. The quantitative estimate of drug-likeness (QED) is 0.592. The lowest BCUT2D eigenvalue weighted by molar-refractivity contribution is 1.22. The summed E-state index contributed by atoms with van der Waals surface area (Å²) < 4.78 is 0. The summed E-state index contributed by atoms with van der Waals surface area (Å²) in [5.41, 5.74) is 2.99. The highest BCUT2D eigenvalue weighted by Crippen LogP contribution is 2.29. The first kappa shape index (κ1) is 11.9. The third-order valence-corrected chi connectivity index (χ3v) is 4.09. The number of halogens is 2. The van der Waals surface area contributed by atoms with Crippen molar-refractivity contribution in [3.63, 3.8) is 0 Å². The Morgan fingerprint density at radius 1 is 1.11 bits per heavy atom. The van der Waals surface area contributed by atoms with Gasteiger partial charge < -0.3 is 0 Å². The summed E-state index contributed by atoms with van der Waals surface area (Å²) in [7, 11) is 0. The van der Waals surface area contributed by atoms with Crippen molar-refractivity contribution in [3.8, 4) is 11.4 Å². The molecule has 2 aromatic heterocycles. The first-order chi connectivity index (χ1) is 8.65. The summed E-state index contributed by atoms with van der Waals surface area (Å²) in [4.78, 5) is 8.88. The van der Waals surface area contributed by atoms with E-state index in [9.17, 15) is 0 Å². The van der Waals surface area contributed by atoms with Crippen molar-refractivity contribution in [2.75, 3.05) is 0 Å². The smallest absolute Gasteiger partial charge is 0.162 e. The Bertz CT molecular complexity index is 737. The number of thiophene rings is 1. The highest BCUT2D eigenvalue weighted by Gasteiger charge is 2.10. The van der Waals surface area contributed by atoms with Crippen LogP contribution >= 0.6 is 34.5 Å². The minimum atomic E-state index is 0.433. The van der Waals surface area contributed by atoms with Gasteiger partial charge in [0.2, 0.25) is 0 Å². The molecule has 0 atom stereocenters. The van der Waals surface area contributed by atoms with Crippen LogP contribution < -0.4 is 0 Å². The van der Waals surface area contributed by atoms with E-state index in [-0.39, 0.29) is 0 Å². The predicted molar refractivity (Wildman–Crippen MR) is 77.6 cm³/mol. The molecule has 1 aromatic carbocycles. The van der Waals surface area contributed by atoms with E-state index in [1.165, 1.54) is 0 Å². The van der Waals surface area contributed by atoms with Gasteiger partial charge in [0.15, 0.2) is 5.82 Å². The van der Waals surface area contributed by atoms with Gasteiger partial charge in [-0.25, -0.2) is 9.97 Å². The minimum absolute atomic E-state index is 0.433. The van der Waals surface area contributed by atoms with Crippen LogP contribution in [0.5, 0.6) is 0 Å². The van der Waals surface area contributed by atoms with Crippen molar-refractivity contribution in [2.45, 2.75) is 6.92 Å². The fourth-order valence-corrected chi connectivity index (χ4v) is 3.00. The van der Waals surface area contributed by atoms with Crippen LogP contribution in [0.2, 0.25) is 10.2 Å². The maximum atomic E-state index is 6.20. The molecule has 0 saturated heterocycles. The van der Waals surface area contributed by atoms with Crippen molar-refractivity contribution in [2.24, 2.45) is 0 Å². The second kappa shape index (κ2) is 4.50. The third-order valence-electron chi connectivity index (χ3n) is 2.71. The fraction of sp³-hybridized carbons (Fsp3) is 0.0769. The molecule has 2 heterocycles. The van der Waals surface area contributed by atoms with Crippen molar-refractivity contribution in [1.82, 2.24) is 9.97 Å². The van der Waals surface area contributed by atoms with Crippen LogP contribution in [-0.2, 0) is 0 Å². The number of hydrogen-bond acceptors (Lipinski definition) is 3. The molecular weight excluding hydrogens is 287 g/mol. The van der Waals surface area contributed by atoms with Gasteiger partial charge in [0, 0.05) is 21.4 Å². The molecule has 0 bridgehead atoms. The first-order valence-electron chi connectivity index (χ1n) is 5.31. The SMILES string of the molecule is Cc1cscc1-c1nc(Cl)c2cc(Cl)ccc2n1. The molecule has 5 heteroatoms. The van der Waals surface area contributed by atoms with E-state index >= 15 is 0 Å². The summed E-state index contributed by atoms with van der Waals surface area (Å²) in [5, 5.41) is 5.94. The van der Waals surface area contributed by atoms with Crippen LogP contribution in [0.4, 0.5) is 0 Å². The molecule has 3 aromatic rings. The number of nitrogens with zero attached hydrogens (tertiary/aromatic N) is 2. The van der Waals surface area contributed by atoms with E-state index in [0.29, 0.717) is 16.0 Å². The summed E-state index contributed by atoms with van der Waals surface area (Å²) in [6, 6.07) is 5.44. The van der Waals surface area contributed by atoms with Gasteiger partial charge in [0.05, 0.1) is 5.52 Å². The van der Waals surface area contributed by atoms with Gasteiger partial charge in [0.1, 0.15) is 5.15 Å². The average molecular weight is 295 g/mol. The zero-order valence-corrected chi connectivity index (χ0v) is 11.8. The Balaban J connectivity index is 2.28. The van der Waals surface area contributed by atoms with E-state index in [0.717, 1.165) is 22.0 Å². The van der Waals surface area contributed by atoms with Gasteiger partial charge in [-0.2, -0.15) is 11.3 Å². The topological polar surface area (TPSA) is 25.8 Å². The fourth-order valence-electron chi connectivity index (χ4n) is 1.77. The van der Waals surface area contributed by atoms with Crippen LogP contribution in [0.15, 0.2) is 29.0 Å². The minimum Gasteiger partial charge on any atom is -0.228 e. The first-order valence-corrected chi connectivity index (χ1v) is 7.01. The Morgan fingerprint density at radius 3 is 2.67 bits per heavy atom. The third kappa shape index (κ3) is 1.99. The number of hydrogen-bond donors (Lipinski definition) is 0. The Morgan fingerprint density at radius 2 is 1.94 bits per heavy atom. The van der Waals surface area contributed by atoms with Gasteiger partial charge in [-0.05, 0) is 36.1 Å². The Labute approximate surface area is 118 Å². The van der Waals surface area contributed by atoms with E-state index in [1.807, 2.05) is 18.4 Å². The van der Waals surface area contributed by atoms with E-state index in [2.05, 4.69) is 15.3 Å². The Hall–Kier alpha value is -1.16. The van der Waals surface area contributed by atoms with Crippen molar-refractivity contribution < 1.29 is 0 Å². The lowest BCUT2D eigenvalue weighted by Crippen LogP contribution is -1.92. The van der Waals surface area contributed by atoms with Gasteiger partial charge in [-0.3, -0.25) is 0 Å². The summed E-state index contributed by atoms with van der Waals surface area (Å²) in [6.07, 6.45) is 0. The number of fused-ring (bicyclic) bond motifs is 1. The van der Waals surface area contributed by atoms with Crippen molar-refractivity contribution in [1.29, 1.82) is 0 Å². The average Bonchev–Trinajstić information content (AvgIpc) is 2.76. The molecule has 0 radical (unpaired) electrons. The molecule has 0 amide bonds. The van der Waals surface area contributed by atoms with Crippen molar-refractivity contribution >= 4 is 45.4 Å². The molecule has 0 fully saturated rings. The number of rotatable bonds is 1. The summed E-state index contributed by atoms with van der Waals surface area (Å²) in [6.45, 7) is 2.04. The standard InChI is InChI=1S/C13H8Cl2N2S/c1-7-5-18-6-10(7)13-16-11-3-2-8(14)4-9(11)12(15)17-13/h2-6H,1H3. The van der Waals surface area contributed by atoms with Gasteiger partial charge in [-0.1, -0.05) is 23.2 Å². The lowest BCUT2D eigenvalue weighted by atomic mass is 10.2. The normalized spacial score (nSPS) is 11.1. The Kier molecular flexibility index (Phi) is 2.98. The molecule has 18 heavy (non-hydrogen) atoms. The zero-order valence-electron chi connectivity index (χ0n) is 9.45. The van der Waals surface area contributed by atoms with E-state index < -0.39 is 0 Å². The monoisotopic (exact) mass is 294 g/mol. The largest absolute Gasteiger partial charge is 0.228 e. The number of aromatic nitrogens is 2. The second-order valence-corrected chi connectivity index (χ2v) is 5.51. The predicted octanol–water partition coefficient (Wildman–Crippen LogP) is 4.97. The lowest BCUT2D eigenvalue weighted by Gasteiger charge is -2.04. The van der Waals surface area contributed by atoms with Crippen LogP contribution in [0, 0.1) is 6.92 Å². The van der Waals surface area contributed by atoms with Crippen molar-refractivity contribution in [3.05, 3.63) is 44.7 Å². The van der Waals surface area contributed by atoms with Crippen LogP contribution in [0.25, 0.3) is 22.3 Å². The molecule has 0 N–H and O–H groups in total. The van der Waals surface area contributed by atoms with E-state index in [1.54, 1.807) is 23.5 Å². The van der Waals surface area contributed by atoms with Gasteiger partial charge >= 0.3 is 0 Å². The molecular formula is C13H8Cl2N2S. The molecule has 0 aliphatic heterocycles. The summed E-state index contributed by atoms with van der Waals surface area (Å²) in [5.74, 6) is 0.661. The maximum absolute atomic E-state index is 6.20. The molecule has 0 aliphatic rings. The number of aryl methyl sites for hydroxylation is 1. The highest BCUT2D eigenvalue weighted by molar-refractivity contribution is 7.08. The molecule has 90 valence electrons. The van der Waals surface area contributed by atoms with Gasteiger partial charge in [-0.15, -0.1) is 0 Å². The van der Waals surface area contributed by atoms with Crippen LogP contribution in [0.3, 0.4) is 0 Å². The maximum Gasteiger partial charge on any atom is 0.162 e. The van der Waals surface area contributed by atoms with Crippen LogP contribution in [-0.4, -0.2) is 9.97 Å². The molecule has 0 aliphatic carbocycles. The summed E-state index contributed by atoms with van der Waals surface area (Å²) >= 11 is 13.8. The van der Waals surface area contributed by atoms with Crippen LogP contribution in [0.1, 0.15) is 5.56 Å². The zero-order chi connectivity index (χ0) is 12.7. The highest BCUT2D eigenvalue weighted by atomic mass is 35.5. The molecule has 0 unspecified atom stereocenters. The molecule has 0 saturated carbocycles. The number of benzene rings is 1. The molecule has 3 rings (SSSR count). The van der Waals surface area contributed by atoms with Gasteiger partial charge in [0.25, 0.3) is 0 Å².